The smallest absolute Gasteiger partial charge is 0.255 e. The summed E-state index contributed by atoms with van der Waals surface area (Å²) in [7, 11) is 1.64. The summed E-state index contributed by atoms with van der Waals surface area (Å²) in [6.07, 6.45) is 3.42. The minimum absolute atomic E-state index is 0.115. The first-order chi connectivity index (χ1) is 9.63. The van der Waals surface area contributed by atoms with E-state index in [1.807, 2.05) is 18.3 Å². The fraction of sp³-hybridized carbons (Fsp3) is 0.0667. The van der Waals surface area contributed by atoms with Crippen molar-refractivity contribution in [2.75, 3.05) is 5.32 Å². The molecule has 100 valence electrons. The van der Waals surface area contributed by atoms with Crippen molar-refractivity contribution in [1.29, 1.82) is 0 Å². The van der Waals surface area contributed by atoms with Crippen LogP contribution in [0.4, 0.5) is 5.69 Å². The third-order valence-electron chi connectivity index (χ3n) is 3.16. The summed E-state index contributed by atoms with van der Waals surface area (Å²) in [5, 5.41) is 3.83. The maximum absolute atomic E-state index is 12.2. The molecule has 0 saturated heterocycles. The van der Waals surface area contributed by atoms with Crippen molar-refractivity contribution in [3.63, 3.8) is 0 Å². The quantitative estimate of drug-likeness (QED) is 0.746. The van der Waals surface area contributed by atoms with Gasteiger partial charge in [-0.1, -0.05) is 6.07 Å². The van der Waals surface area contributed by atoms with E-state index in [9.17, 15) is 9.59 Å². The maximum atomic E-state index is 12.2. The van der Waals surface area contributed by atoms with E-state index in [1.54, 1.807) is 31.4 Å². The zero-order chi connectivity index (χ0) is 14.1. The fourth-order valence-corrected chi connectivity index (χ4v) is 2.06. The molecule has 5 heteroatoms. The first-order valence-electron chi connectivity index (χ1n) is 6.19. The first kappa shape index (κ1) is 12.2. The molecule has 0 aliphatic carbocycles. The van der Waals surface area contributed by atoms with Crippen LogP contribution in [-0.4, -0.2) is 15.5 Å². The second kappa shape index (κ2) is 4.70. The minimum Gasteiger partial charge on any atom is -0.361 e. The van der Waals surface area contributed by atoms with Gasteiger partial charge in [0.05, 0.1) is 5.69 Å². The number of anilines is 1. The van der Waals surface area contributed by atoms with Gasteiger partial charge in [-0.25, -0.2) is 0 Å². The van der Waals surface area contributed by atoms with E-state index in [0.717, 1.165) is 10.9 Å². The molecule has 0 aliphatic heterocycles. The molecule has 0 spiro atoms. The van der Waals surface area contributed by atoms with Gasteiger partial charge < -0.3 is 14.9 Å². The lowest BCUT2D eigenvalue weighted by molar-refractivity contribution is 0.102. The van der Waals surface area contributed by atoms with E-state index in [0.29, 0.717) is 11.3 Å². The summed E-state index contributed by atoms with van der Waals surface area (Å²) in [5.74, 6) is -0.208. The van der Waals surface area contributed by atoms with Crippen molar-refractivity contribution < 1.29 is 4.79 Å². The number of nitrogens with zero attached hydrogens (tertiary/aromatic N) is 1. The number of rotatable bonds is 2. The molecule has 5 nitrogen and oxygen atoms in total. The average Bonchev–Trinajstić information content (AvgIpc) is 2.90. The molecule has 0 radical (unpaired) electrons. The van der Waals surface area contributed by atoms with E-state index in [4.69, 9.17) is 0 Å². The predicted octanol–water partition coefficient (Wildman–Crippen LogP) is 2.12. The molecule has 3 aromatic rings. The van der Waals surface area contributed by atoms with Crippen molar-refractivity contribution in [3.05, 3.63) is 64.7 Å². The zero-order valence-corrected chi connectivity index (χ0v) is 10.9. The second-order valence-electron chi connectivity index (χ2n) is 4.60. The van der Waals surface area contributed by atoms with Gasteiger partial charge in [0.1, 0.15) is 0 Å². The SMILES string of the molecule is Cn1cc(NC(=O)c2ccc3cc[nH]c3c2)ccc1=O. The highest BCUT2D eigenvalue weighted by atomic mass is 16.1. The number of fused-ring (bicyclic) bond motifs is 1. The largest absolute Gasteiger partial charge is 0.361 e. The summed E-state index contributed by atoms with van der Waals surface area (Å²) < 4.78 is 1.42. The van der Waals surface area contributed by atoms with Gasteiger partial charge in [0.15, 0.2) is 0 Å². The Labute approximate surface area is 114 Å². The Hall–Kier alpha value is -2.82. The van der Waals surface area contributed by atoms with Gasteiger partial charge >= 0.3 is 0 Å². The number of benzene rings is 1. The summed E-state index contributed by atoms with van der Waals surface area (Å²) in [6.45, 7) is 0. The molecule has 0 saturated carbocycles. The highest BCUT2D eigenvalue weighted by molar-refractivity contribution is 6.06. The van der Waals surface area contributed by atoms with Gasteiger partial charge in [0, 0.05) is 36.6 Å². The van der Waals surface area contributed by atoms with Gasteiger partial charge in [-0.2, -0.15) is 0 Å². The van der Waals surface area contributed by atoms with E-state index in [1.165, 1.54) is 10.6 Å². The molecule has 1 aromatic carbocycles. The molecular formula is C15H13N3O2. The minimum atomic E-state index is -0.208. The van der Waals surface area contributed by atoms with Crippen molar-refractivity contribution in [2.24, 2.45) is 7.05 Å². The Morgan fingerprint density at radius 2 is 2.05 bits per heavy atom. The molecular weight excluding hydrogens is 254 g/mol. The molecule has 2 aromatic heterocycles. The normalized spacial score (nSPS) is 10.7. The number of aromatic amines is 1. The van der Waals surface area contributed by atoms with Crippen LogP contribution in [0.3, 0.4) is 0 Å². The number of nitrogens with one attached hydrogen (secondary N) is 2. The third-order valence-corrected chi connectivity index (χ3v) is 3.16. The van der Waals surface area contributed by atoms with Crippen molar-refractivity contribution in [3.8, 4) is 0 Å². The molecule has 3 rings (SSSR count). The van der Waals surface area contributed by atoms with Crippen LogP contribution in [0.15, 0.2) is 53.6 Å². The van der Waals surface area contributed by atoms with E-state index >= 15 is 0 Å². The van der Waals surface area contributed by atoms with Crippen LogP contribution in [-0.2, 0) is 7.05 Å². The van der Waals surface area contributed by atoms with Crippen LogP contribution in [0.5, 0.6) is 0 Å². The molecule has 0 atom stereocenters. The molecule has 0 unspecified atom stereocenters. The summed E-state index contributed by atoms with van der Waals surface area (Å²) >= 11 is 0. The molecule has 2 N–H and O–H groups in total. The number of H-pyrrole nitrogens is 1. The number of pyridine rings is 1. The number of aryl methyl sites for hydroxylation is 1. The Morgan fingerprint density at radius 1 is 1.20 bits per heavy atom. The molecule has 0 fully saturated rings. The van der Waals surface area contributed by atoms with Crippen LogP contribution < -0.4 is 10.9 Å². The lowest BCUT2D eigenvalue weighted by atomic mass is 10.1. The van der Waals surface area contributed by atoms with Crippen molar-refractivity contribution >= 4 is 22.5 Å². The molecule has 0 aliphatic rings. The standard InChI is InChI=1S/C15H13N3O2/c1-18-9-12(4-5-14(18)19)17-15(20)11-3-2-10-6-7-16-13(10)8-11/h2-9,16H,1H3,(H,17,20). The number of carbonyl (C=O) groups excluding carboxylic acids is 1. The van der Waals surface area contributed by atoms with Gasteiger partial charge in [-0.05, 0) is 29.7 Å². The van der Waals surface area contributed by atoms with Crippen LogP contribution in [0, 0.1) is 0 Å². The highest BCUT2D eigenvalue weighted by Gasteiger charge is 2.07. The van der Waals surface area contributed by atoms with Crippen LogP contribution in [0.2, 0.25) is 0 Å². The van der Waals surface area contributed by atoms with E-state index in [-0.39, 0.29) is 11.5 Å². The Balaban J connectivity index is 1.88. The maximum Gasteiger partial charge on any atom is 0.255 e. The van der Waals surface area contributed by atoms with Gasteiger partial charge in [0.2, 0.25) is 5.56 Å². The second-order valence-corrected chi connectivity index (χ2v) is 4.60. The molecule has 1 amide bonds. The monoisotopic (exact) mass is 267 g/mol. The Kier molecular flexibility index (Phi) is 2.87. The number of carbonyl (C=O) groups is 1. The number of hydrogen-bond donors (Lipinski definition) is 2. The highest BCUT2D eigenvalue weighted by Crippen LogP contribution is 2.15. The van der Waals surface area contributed by atoms with Crippen LogP contribution in [0.25, 0.3) is 10.9 Å². The fourth-order valence-electron chi connectivity index (χ4n) is 2.06. The van der Waals surface area contributed by atoms with E-state index in [2.05, 4.69) is 10.3 Å². The lowest BCUT2D eigenvalue weighted by Crippen LogP contribution is -2.17. The van der Waals surface area contributed by atoms with Gasteiger partial charge in [0.25, 0.3) is 5.91 Å². The van der Waals surface area contributed by atoms with Gasteiger partial charge in [-0.15, -0.1) is 0 Å². The summed E-state index contributed by atoms with van der Waals surface area (Å²) in [6, 6.07) is 10.4. The molecule has 20 heavy (non-hydrogen) atoms. The van der Waals surface area contributed by atoms with Crippen LogP contribution >= 0.6 is 0 Å². The topological polar surface area (TPSA) is 66.9 Å². The third kappa shape index (κ3) is 2.21. The molecule has 0 bridgehead atoms. The number of aromatic nitrogens is 2. The number of hydrogen-bond acceptors (Lipinski definition) is 2. The molecule has 2 heterocycles. The predicted molar refractivity (Wildman–Crippen MR) is 77.9 cm³/mol. The van der Waals surface area contributed by atoms with Crippen molar-refractivity contribution in [1.82, 2.24) is 9.55 Å². The zero-order valence-electron chi connectivity index (χ0n) is 10.9. The summed E-state index contributed by atoms with van der Waals surface area (Å²) in [4.78, 5) is 26.5. The van der Waals surface area contributed by atoms with Crippen molar-refractivity contribution in [2.45, 2.75) is 0 Å². The van der Waals surface area contributed by atoms with E-state index < -0.39 is 0 Å². The first-order valence-corrected chi connectivity index (χ1v) is 6.19. The summed E-state index contributed by atoms with van der Waals surface area (Å²) in [5.41, 5.74) is 1.95. The Bertz CT molecular complexity index is 845. The average molecular weight is 267 g/mol. The van der Waals surface area contributed by atoms with Crippen LogP contribution in [0.1, 0.15) is 10.4 Å². The van der Waals surface area contributed by atoms with Gasteiger partial charge in [-0.3, -0.25) is 9.59 Å². The lowest BCUT2D eigenvalue weighted by Gasteiger charge is -2.06. The Morgan fingerprint density at radius 3 is 2.85 bits per heavy atom. The number of amides is 1.